The number of nitrogens with one attached hydrogen (secondary N) is 5. The van der Waals surface area contributed by atoms with E-state index in [1.165, 1.54) is 41.5 Å². The topological polar surface area (TPSA) is 189 Å². The molecule has 5 amide bonds. The maximum atomic E-state index is 14.2. The summed E-state index contributed by atoms with van der Waals surface area (Å²) in [5.41, 5.74) is -1.11. The van der Waals surface area contributed by atoms with Crippen molar-refractivity contribution in [1.29, 1.82) is 0 Å². The number of hydrogen-bond acceptors (Lipinski definition) is 8. The zero-order valence-corrected chi connectivity index (χ0v) is 32.1. The number of hydrogen-bond donors (Lipinski definition) is 6. The van der Waals surface area contributed by atoms with Crippen LogP contribution in [0, 0.1) is 22.7 Å². The molecule has 49 heavy (non-hydrogen) atoms. The van der Waals surface area contributed by atoms with Gasteiger partial charge in [0.15, 0.2) is 0 Å². The highest BCUT2D eigenvalue weighted by Gasteiger charge is 2.46. The summed E-state index contributed by atoms with van der Waals surface area (Å²) in [5.74, 6) is -1.76. The fourth-order valence-corrected chi connectivity index (χ4v) is 7.11. The zero-order chi connectivity index (χ0) is 37.1. The molecule has 0 aromatic carbocycles. The first-order valence-corrected chi connectivity index (χ1v) is 19.1. The number of carbonyl (C=O) groups excluding carboxylic acids is 5. The van der Waals surface area contributed by atoms with Crippen LogP contribution in [0.5, 0.6) is 0 Å². The van der Waals surface area contributed by atoms with Crippen molar-refractivity contribution in [2.24, 2.45) is 22.7 Å². The van der Waals surface area contributed by atoms with Crippen LogP contribution in [0.1, 0.15) is 73.6 Å². The summed E-state index contributed by atoms with van der Waals surface area (Å²) in [7, 11) is 2.89. The lowest BCUT2D eigenvalue weighted by Crippen LogP contribution is -2.62. The van der Waals surface area contributed by atoms with Gasteiger partial charge in [0.25, 0.3) is 11.7 Å². The monoisotopic (exact) mass is 729 g/mol. The highest BCUT2D eigenvalue weighted by atomic mass is 32.2. The molecule has 2 rings (SSSR count). The van der Waals surface area contributed by atoms with Gasteiger partial charge in [-0.2, -0.15) is 0 Å². The van der Waals surface area contributed by atoms with Crippen LogP contribution in [0.3, 0.4) is 0 Å². The Morgan fingerprint density at radius 3 is 2.20 bits per heavy atom. The van der Waals surface area contributed by atoms with Gasteiger partial charge in [0.2, 0.25) is 23.1 Å². The summed E-state index contributed by atoms with van der Waals surface area (Å²) < 4.78 is 21.7. The van der Waals surface area contributed by atoms with E-state index in [2.05, 4.69) is 33.2 Å². The lowest BCUT2D eigenvalue weighted by Gasteiger charge is -2.37. The fraction of sp³-hybridized carbons (Fsp3) is 0.788. The number of urea groups is 1. The number of likely N-dealkylation sites (tertiary alicyclic amines) is 1. The van der Waals surface area contributed by atoms with E-state index in [-0.39, 0.29) is 18.0 Å². The molecule has 2 fully saturated rings. The quantitative estimate of drug-likeness (QED) is 0.0402. The van der Waals surface area contributed by atoms with E-state index in [0.717, 1.165) is 19.3 Å². The molecule has 1 saturated carbocycles. The second-order valence-corrected chi connectivity index (χ2v) is 17.4. The van der Waals surface area contributed by atoms with Crippen molar-refractivity contribution in [2.45, 2.75) is 97.1 Å². The highest BCUT2D eigenvalue weighted by Crippen LogP contribution is 2.32. The first-order chi connectivity index (χ1) is 22.8. The summed E-state index contributed by atoms with van der Waals surface area (Å²) in [6, 6.07) is -2.90. The summed E-state index contributed by atoms with van der Waals surface area (Å²) in [6.45, 7) is 16.6. The van der Waals surface area contributed by atoms with E-state index < -0.39 is 69.6 Å². The van der Waals surface area contributed by atoms with Crippen molar-refractivity contribution in [3.8, 4) is 0 Å². The third kappa shape index (κ3) is 12.9. The molecule has 14 nitrogen and oxygen atoms in total. The van der Waals surface area contributed by atoms with E-state index in [4.69, 9.17) is 0 Å². The molecule has 6 N–H and O–H groups in total. The van der Waals surface area contributed by atoms with Crippen LogP contribution in [0.2, 0.25) is 0 Å². The molecule has 0 spiro atoms. The van der Waals surface area contributed by atoms with Gasteiger partial charge in [0.1, 0.15) is 17.5 Å². The minimum absolute atomic E-state index is 0.244. The van der Waals surface area contributed by atoms with E-state index in [1.54, 1.807) is 6.08 Å². The molecule has 1 aliphatic carbocycles. The molecule has 0 radical (unpaired) electrons. The average molecular weight is 730 g/mol. The van der Waals surface area contributed by atoms with Crippen LogP contribution < -0.4 is 26.6 Å². The Morgan fingerprint density at radius 1 is 1.04 bits per heavy atom. The Labute approximate surface area is 298 Å². The smallest absolute Gasteiger partial charge is 0.315 e. The number of carbonyl (C=O) groups is 5. The van der Waals surface area contributed by atoms with Gasteiger partial charge in [0, 0.05) is 52.2 Å². The molecule has 1 heterocycles. The number of nitrogens with zero attached hydrogens (tertiary/aromatic N) is 2. The molecule has 16 heteroatoms. The minimum Gasteiger partial charge on any atom is -0.352 e. The molecular weight excluding hydrogens is 671 g/mol. The number of rotatable bonds is 18. The molecule has 3 unspecified atom stereocenters. The molecule has 0 aromatic rings. The molecule has 280 valence electrons. The van der Waals surface area contributed by atoms with Crippen molar-refractivity contribution in [2.75, 3.05) is 46.0 Å². The van der Waals surface area contributed by atoms with Crippen LogP contribution in [-0.4, -0.2) is 117 Å². The first-order valence-electron chi connectivity index (χ1n) is 17.0. The first kappa shape index (κ1) is 42.6. The van der Waals surface area contributed by atoms with Gasteiger partial charge < -0.3 is 31.5 Å². The Hall–Kier alpha value is -2.53. The van der Waals surface area contributed by atoms with Crippen LogP contribution in [0.4, 0.5) is 4.79 Å². The number of Topliss-reactive ketones (excluding diaryl/α,β-unsaturated/α-hetero) is 1. The van der Waals surface area contributed by atoms with Crippen LogP contribution >= 0.6 is 11.8 Å². The van der Waals surface area contributed by atoms with E-state index in [1.807, 2.05) is 41.5 Å². The van der Waals surface area contributed by atoms with E-state index >= 15 is 0 Å². The average Bonchev–Trinajstić information content (AvgIpc) is 3.44. The van der Waals surface area contributed by atoms with Crippen LogP contribution in [0.25, 0.3) is 0 Å². The third-order valence-corrected chi connectivity index (χ3v) is 11.1. The maximum absolute atomic E-state index is 14.2. The summed E-state index contributed by atoms with van der Waals surface area (Å²) >= 11 is -0.852. The van der Waals surface area contributed by atoms with Gasteiger partial charge in [-0.25, -0.2) is 13.3 Å². The minimum atomic E-state index is -2.08. The highest BCUT2D eigenvalue weighted by molar-refractivity contribution is 8.00. The summed E-state index contributed by atoms with van der Waals surface area (Å²) in [6.07, 6.45) is 6.46. The number of thioether (sulfide) groups is 1. The van der Waals surface area contributed by atoms with Crippen LogP contribution in [-0.2, 0) is 30.4 Å². The summed E-state index contributed by atoms with van der Waals surface area (Å²) in [4.78, 5) is 68.3. The fourth-order valence-electron chi connectivity index (χ4n) is 5.70. The molecule has 0 aromatic heterocycles. The molecule has 2 aliphatic rings. The number of ketones is 1. The normalized spacial score (nSPS) is 20.8. The number of likely N-dealkylation sites (N-methyl/N-ethyl adjacent to an activating group) is 2. The van der Waals surface area contributed by atoms with E-state index in [9.17, 15) is 32.7 Å². The van der Waals surface area contributed by atoms with Crippen molar-refractivity contribution in [1.82, 2.24) is 35.8 Å². The largest absolute Gasteiger partial charge is 0.352 e. The standard InChI is InChI=1S/C33H59N7O7S2/c1-10-22-14-17-40(24(22)27(42)38-29(25(41)28(43)34-8)48-19-15-21-12-11-13-21)30(44)26(33(5,6)7)37-31(45)36-23(32(2,3)4)20-35-16-18-39(9)49(46)47/h10,21-24,26,29,35H,1,11-20H2,2-9H3,(H,34,43)(H,38,42)(H,46,47)(H2,36,37,45)/t22?,23-,24+,26-,29?/m1/s1. The van der Waals surface area contributed by atoms with Crippen molar-refractivity contribution >= 4 is 52.6 Å². The van der Waals surface area contributed by atoms with Crippen LogP contribution in [0.15, 0.2) is 12.7 Å². The van der Waals surface area contributed by atoms with Gasteiger partial charge in [-0.15, -0.1) is 18.3 Å². The van der Waals surface area contributed by atoms with Crippen molar-refractivity contribution in [3.05, 3.63) is 12.7 Å². The second-order valence-electron chi connectivity index (χ2n) is 15.1. The molecule has 0 bridgehead atoms. The SMILES string of the molecule is C=CC1CCN(C(=O)[C@@H](NC(=O)N[C@H](CNCCN(C)S(=O)O)C(C)(C)C)C(C)(C)C)[C@@H]1C(=O)NC(SCCC1CCC1)C(=O)C(=O)NC. The zero-order valence-electron chi connectivity index (χ0n) is 30.4. The molecular formula is C33H59N7O7S2. The second kappa shape index (κ2) is 19.2. The Kier molecular flexibility index (Phi) is 16.7. The lowest BCUT2D eigenvalue weighted by atomic mass is 9.84. The predicted octanol–water partition coefficient (Wildman–Crippen LogP) is 1.86. The van der Waals surface area contributed by atoms with Crippen molar-refractivity contribution < 1.29 is 32.7 Å². The number of amides is 5. The lowest BCUT2D eigenvalue weighted by molar-refractivity contribution is -0.143. The van der Waals surface area contributed by atoms with Gasteiger partial charge in [-0.1, -0.05) is 66.9 Å². The van der Waals surface area contributed by atoms with Gasteiger partial charge >= 0.3 is 6.03 Å². The maximum Gasteiger partial charge on any atom is 0.315 e. The van der Waals surface area contributed by atoms with E-state index in [0.29, 0.717) is 37.7 Å². The van der Waals surface area contributed by atoms with Crippen molar-refractivity contribution in [3.63, 3.8) is 0 Å². The Morgan fingerprint density at radius 2 is 1.69 bits per heavy atom. The molecule has 1 aliphatic heterocycles. The summed E-state index contributed by atoms with van der Waals surface area (Å²) in [5, 5.41) is 13.1. The van der Waals surface area contributed by atoms with Gasteiger partial charge in [0.05, 0.1) is 0 Å². The molecule has 1 saturated heterocycles. The third-order valence-electron chi connectivity index (χ3n) is 9.25. The predicted molar refractivity (Wildman–Crippen MR) is 194 cm³/mol. The Balaban J connectivity index is 2.20. The van der Waals surface area contributed by atoms with Gasteiger partial charge in [-0.3, -0.25) is 23.7 Å². The van der Waals surface area contributed by atoms with Gasteiger partial charge in [-0.05, 0) is 35.3 Å². The molecule has 6 atom stereocenters. The Bertz CT molecular complexity index is 1200.